The van der Waals surface area contributed by atoms with Crippen molar-refractivity contribution in [2.24, 2.45) is 29.6 Å². The van der Waals surface area contributed by atoms with Crippen LogP contribution in [-0.2, 0) is 19.1 Å². The van der Waals surface area contributed by atoms with E-state index >= 15 is 0 Å². The highest BCUT2D eigenvalue weighted by molar-refractivity contribution is 8.00. The Kier molecular flexibility index (Phi) is 6.46. The van der Waals surface area contributed by atoms with Gasteiger partial charge in [-0.15, -0.1) is 11.8 Å². The molecule has 0 spiro atoms. The van der Waals surface area contributed by atoms with Crippen molar-refractivity contribution in [3.63, 3.8) is 0 Å². The number of hydrogen-bond donors (Lipinski definition) is 1. The maximum Gasteiger partial charge on any atom is 0.344 e. The summed E-state index contributed by atoms with van der Waals surface area (Å²) in [5.74, 6) is -0.572. The van der Waals surface area contributed by atoms with Crippen molar-refractivity contribution in [2.45, 2.75) is 29.5 Å². The number of hydrogen-bond acceptors (Lipinski definition) is 9. The fourth-order valence-corrected chi connectivity index (χ4v) is 10.4. The first-order chi connectivity index (χ1) is 19.9. The Morgan fingerprint density at radius 2 is 1.78 bits per heavy atom. The van der Waals surface area contributed by atoms with Crippen molar-refractivity contribution in [3.05, 3.63) is 68.6 Å². The van der Waals surface area contributed by atoms with Gasteiger partial charge in [0.15, 0.2) is 18.1 Å². The van der Waals surface area contributed by atoms with Crippen LogP contribution in [0.15, 0.2) is 58.4 Å². The molecule has 0 radical (unpaired) electrons. The van der Waals surface area contributed by atoms with Gasteiger partial charge in [0, 0.05) is 16.0 Å². The third kappa shape index (κ3) is 4.04. The summed E-state index contributed by atoms with van der Waals surface area (Å²) in [6.45, 7) is 1.76. The van der Waals surface area contributed by atoms with Crippen molar-refractivity contribution in [3.8, 4) is 11.5 Å². The number of carbonyl (C=O) groups is 3. The Morgan fingerprint density at radius 1 is 1.02 bits per heavy atom. The number of fused-ring (bicyclic) bond motifs is 9. The Bertz CT molecular complexity index is 1600. The second-order valence-electron chi connectivity index (χ2n) is 10.8. The van der Waals surface area contributed by atoms with Gasteiger partial charge >= 0.3 is 10.8 Å². The number of aromatic nitrogens is 1. The standard InChI is InChI=1S/C30H28N2O7S2/c1-3-38-20(33)13-39-18-10-9-14(11-19(18)37-2)21-22-16-12-17(25(22)40-27-26(21)41-30(36)31-27)24-23(16)28(34)32(29(24)35)15-7-5-4-6-8-15/h4-11,16-17,21-25H,3,12-13H2,1-2H3,(H,31,36)/t16-,17-,21+,22-,23+,24+,25-/m1/s1. The first kappa shape index (κ1) is 26.3. The fraction of sp³-hybridized carbons (Fsp3) is 0.400. The summed E-state index contributed by atoms with van der Waals surface area (Å²) in [4.78, 5) is 57.2. The molecule has 212 valence electrons. The summed E-state index contributed by atoms with van der Waals surface area (Å²) >= 11 is 2.86. The number of imide groups is 1. The van der Waals surface area contributed by atoms with Crippen LogP contribution in [0.4, 0.5) is 5.69 Å². The molecule has 3 fully saturated rings. The highest BCUT2D eigenvalue weighted by Gasteiger charge is 2.69. The van der Waals surface area contributed by atoms with Gasteiger partial charge in [-0.1, -0.05) is 35.6 Å². The monoisotopic (exact) mass is 592 g/mol. The predicted molar refractivity (Wildman–Crippen MR) is 153 cm³/mol. The molecule has 1 aromatic heterocycles. The number of thioether (sulfide) groups is 1. The maximum atomic E-state index is 13.8. The van der Waals surface area contributed by atoms with E-state index in [1.807, 2.05) is 42.5 Å². The number of H-pyrrole nitrogens is 1. The summed E-state index contributed by atoms with van der Waals surface area (Å²) in [6.07, 6.45) is 0.811. The van der Waals surface area contributed by atoms with E-state index in [1.54, 1.807) is 31.9 Å². The fourth-order valence-electron chi connectivity index (χ4n) is 7.56. The number of thiazole rings is 1. The Labute approximate surface area is 244 Å². The topological polar surface area (TPSA) is 115 Å². The molecule has 1 saturated heterocycles. The molecule has 2 bridgehead atoms. The largest absolute Gasteiger partial charge is 0.493 e. The third-order valence-corrected chi connectivity index (χ3v) is 11.5. The summed E-state index contributed by atoms with van der Waals surface area (Å²) in [6, 6.07) is 14.8. The van der Waals surface area contributed by atoms with Gasteiger partial charge in [-0.25, -0.2) is 4.79 Å². The van der Waals surface area contributed by atoms with Crippen LogP contribution in [0.25, 0.3) is 0 Å². The van der Waals surface area contributed by atoms with Crippen LogP contribution >= 0.6 is 23.1 Å². The van der Waals surface area contributed by atoms with E-state index < -0.39 is 5.97 Å². The van der Waals surface area contributed by atoms with Crippen molar-refractivity contribution in [2.75, 3.05) is 25.2 Å². The zero-order valence-corrected chi connectivity index (χ0v) is 24.0. The molecular weight excluding hydrogens is 564 g/mol. The lowest BCUT2D eigenvalue weighted by Gasteiger charge is -2.43. The Balaban J connectivity index is 1.26. The lowest BCUT2D eigenvalue weighted by molar-refractivity contribution is -0.145. The molecule has 2 aromatic carbocycles. The molecule has 3 heterocycles. The maximum absolute atomic E-state index is 13.8. The van der Waals surface area contributed by atoms with Crippen molar-refractivity contribution in [1.82, 2.24) is 4.98 Å². The molecule has 0 unspecified atom stereocenters. The van der Waals surface area contributed by atoms with Crippen molar-refractivity contribution < 1.29 is 28.6 Å². The molecular formula is C30H28N2O7S2. The molecule has 2 saturated carbocycles. The second-order valence-corrected chi connectivity index (χ2v) is 13.0. The van der Waals surface area contributed by atoms with Crippen LogP contribution in [0.3, 0.4) is 0 Å². The summed E-state index contributed by atoms with van der Waals surface area (Å²) < 4.78 is 16.3. The lowest BCUT2D eigenvalue weighted by Crippen LogP contribution is -2.42. The molecule has 4 aliphatic rings. The van der Waals surface area contributed by atoms with Gasteiger partial charge in [0.2, 0.25) is 11.8 Å². The van der Waals surface area contributed by atoms with Gasteiger partial charge in [-0.3, -0.25) is 19.3 Å². The quantitative estimate of drug-likeness (QED) is 0.323. The number of anilines is 1. The van der Waals surface area contributed by atoms with Gasteiger partial charge < -0.3 is 19.2 Å². The molecule has 2 aliphatic heterocycles. The zero-order chi connectivity index (χ0) is 28.4. The van der Waals surface area contributed by atoms with Crippen LogP contribution in [0.1, 0.15) is 29.7 Å². The molecule has 2 aliphatic carbocycles. The van der Waals surface area contributed by atoms with Gasteiger partial charge in [0.1, 0.15) is 0 Å². The Hall–Kier alpha value is -3.57. The highest BCUT2D eigenvalue weighted by atomic mass is 32.2. The number of para-hydroxylation sites is 1. The predicted octanol–water partition coefficient (Wildman–Crippen LogP) is 4.06. The minimum absolute atomic E-state index is 0.00810. The Morgan fingerprint density at radius 3 is 2.51 bits per heavy atom. The zero-order valence-electron chi connectivity index (χ0n) is 22.4. The number of rotatable bonds is 7. The number of nitrogens with one attached hydrogen (secondary N) is 1. The van der Waals surface area contributed by atoms with Crippen LogP contribution in [0.5, 0.6) is 11.5 Å². The van der Waals surface area contributed by atoms with Gasteiger partial charge in [0.25, 0.3) is 0 Å². The summed E-state index contributed by atoms with van der Waals surface area (Å²) in [7, 11) is 1.54. The van der Waals surface area contributed by atoms with Gasteiger partial charge in [-0.05, 0) is 60.9 Å². The number of ether oxygens (including phenoxy) is 3. The number of carbonyl (C=O) groups excluding carboxylic acids is 3. The molecule has 3 aromatic rings. The SMILES string of the molecule is CCOC(=O)COc1ccc([C@@H]2c3sc(=O)[nH]c3S[C@@H]3[C@@H]4C[C@@H]([C@@H]5C(=O)N(c6ccccc6)C(=O)[C@@H]45)[C@H]23)cc1OC. The molecule has 7 rings (SSSR count). The molecule has 9 nitrogen and oxygen atoms in total. The molecule has 1 N–H and O–H groups in total. The highest BCUT2D eigenvalue weighted by Crippen LogP contribution is 2.68. The summed E-state index contributed by atoms with van der Waals surface area (Å²) in [5.41, 5.74) is 1.56. The normalized spacial score (nSPS) is 29.2. The van der Waals surface area contributed by atoms with E-state index in [0.717, 1.165) is 21.9 Å². The van der Waals surface area contributed by atoms with Crippen LogP contribution in [0, 0.1) is 29.6 Å². The van der Waals surface area contributed by atoms with E-state index in [9.17, 15) is 19.2 Å². The van der Waals surface area contributed by atoms with E-state index in [0.29, 0.717) is 17.2 Å². The average molecular weight is 593 g/mol. The van der Waals surface area contributed by atoms with Gasteiger partial charge in [-0.2, -0.15) is 0 Å². The number of nitrogens with zero attached hydrogens (tertiary/aromatic N) is 1. The van der Waals surface area contributed by atoms with E-state index in [2.05, 4.69) is 4.98 Å². The van der Waals surface area contributed by atoms with Crippen LogP contribution in [0.2, 0.25) is 0 Å². The third-order valence-electron chi connectivity index (χ3n) is 8.94. The average Bonchev–Trinajstić information content (AvgIpc) is 3.71. The van der Waals surface area contributed by atoms with Crippen LogP contribution in [-0.4, -0.2) is 48.3 Å². The number of methoxy groups -OCH3 is 1. The van der Waals surface area contributed by atoms with Crippen molar-refractivity contribution in [1.29, 1.82) is 0 Å². The lowest BCUT2D eigenvalue weighted by atomic mass is 9.68. The number of aromatic amines is 1. The molecule has 41 heavy (non-hydrogen) atoms. The minimum Gasteiger partial charge on any atom is -0.493 e. The van der Waals surface area contributed by atoms with E-state index in [4.69, 9.17) is 14.2 Å². The number of esters is 1. The molecule has 7 atom stereocenters. The first-order valence-electron chi connectivity index (χ1n) is 13.7. The minimum atomic E-state index is -0.468. The first-order valence-corrected chi connectivity index (χ1v) is 15.4. The van der Waals surface area contributed by atoms with Crippen LogP contribution < -0.4 is 19.2 Å². The van der Waals surface area contributed by atoms with E-state index in [-0.39, 0.29) is 70.7 Å². The van der Waals surface area contributed by atoms with Crippen molar-refractivity contribution >= 4 is 46.6 Å². The van der Waals surface area contributed by atoms with E-state index in [1.165, 1.54) is 16.2 Å². The molecule has 11 heteroatoms. The second kappa shape index (κ2) is 10.1. The molecule has 2 amide bonds. The smallest absolute Gasteiger partial charge is 0.344 e. The summed E-state index contributed by atoms with van der Waals surface area (Å²) in [5, 5.41) is 0.927. The number of benzene rings is 2. The number of amides is 2. The van der Waals surface area contributed by atoms with Gasteiger partial charge in [0.05, 0.1) is 36.3 Å².